The Hall–Kier alpha value is -2.37. The molecule has 0 radical (unpaired) electrons. The largest absolute Gasteiger partial charge is 0.357 e. The van der Waals surface area contributed by atoms with Gasteiger partial charge in [0, 0.05) is 18.3 Å². The molecule has 1 aromatic heterocycles. The first-order valence-corrected chi connectivity index (χ1v) is 6.50. The van der Waals surface area contributed by atoms with Gasteiger partial charge in [0.1, 0.15) is 17.7 Å². The Morgan fingerprint density at radius 2 is 2.30 bits per heavy atom. The third-order valence-electron chi connectivity index (χ3n) is 3.31. The zero-order valence-corrected chi connectivity index (χ0v) is 11.1. The van der Waals surface area contributed by atoms with Crippen LogP contribution in [0.1, 0.15) is 12.1 Å². The van der Waals surface area contributed by atoms with E-state index in [2.05, 4.69) is 15.7 Å². The van der Waals surface area contributed by atoms with E-state index in [1.807, 2.05) is 13.0 Å². The summed E-state index contributed by atoms with van der Waals surface area (Å²) in [5.74, 6) is 0.304. The van der Waals surface area contributed by atoms with Crippen molar-refractivity contribution in [3.8, 4) is 5.69 Å². The van der Waals surface area contributed by atoms with Crippen molar-refractivity contribution in [2.24, 2.45) is 0 Å². The van der Waals surface area contributed by atoms with Gasteiger partial charge in [0.15, 0.2) is 0 Å². The molecular formula is C14H15FN4O. The number of rotatable bonds is 3. The number of halogens is 1. The minimum Gasteiger partial charge on any atom is -0.357 e. The van der Waals surface area contributed by atoms with Gasteiger partial charge in [-0.3, -0.25) is 4.79 Å². The van der Waals surface area contributed by atoms with Crippen LogP contribution in [-0.2, 0) is 4.79 Å². The number of hydrogen-bond acceptors (Lipinski definition) is 3. The molecule has 1 aliphatic heterocycles. The molecule has 1 amide bonds. The number of hydrogen-bond donors (Lipinski definition) is 2. The second-order valence-electron chi connectivity index (χ2n) is 4.84. The topological polar surface area (TPSA) is 58.9 Å². The van der Waals surface area contributed by atoms with Gasteiger partial charge in [-0.15, -0.1) is 0 Å². The molecule has 1 atom stereocenters. The lowest BCUT2D eigenvalue weighted by atomic mass is 10.2. The number of carbonyl (C=O) groups is 1. The number of nitrogens with zero attached hydrogens (tertiary/aromatic N) is 2. The zero-order valence-electron chi connectivity index (χ0n) is 11.1. The van der Waals surface area contributed by atoms with Crippen molar-refractivity contribution in [2.45, 2.75) is 19.4 Å². The Morgan fingerprint density at radius 1 is 1.45 bits per heavy atom. The van der Waals surface area contributed by atoms with E-state index in [-0.39, 0.29) is 17.8 Å². The van der Waals surface area contributed by atoms with Crippen molar-refractivity contribution in [3.05, 3.63) is 41.8 Å². The first-order chi connectivity index (χ1) is 9.63. The quantitative estimate of drug-likeness (QED) is 0.894. The Bertz CT molecular complexity index is 652. The van der Waals surface area contributed by atoms with E-state index in [1.54, 1.807) is 16.8 Å². The number of nitrogens with one attached hydrogen (secondary N) is 2. The molecule has 1 aromatic carbocycles. The molecule has 6 heteroatoms. The third-order valence-corrected chi connectivity index (χ3v) is 3.31. The first kappa shape index (κ1) is 12.7. The van der Waals surface area contributed by atoms with Gasteiger partial charge in [0.25, 0.3) is 0 Å². The zero-order chi connectivity index (χ0) is 14.1. The van der Waals surface area contributed by atoms with Crippen LogP contribution in [0.2, 0.25) is 0 Å². The predicted octanol–water partition coefficient (Wildman–Crippen LogP) is 1.62. The van der Waals surface area contributed by atoms with Gasteiger partial charge >= 0.3 is 0 Å². The van der Waals surface area contributed by atoms with Crippen molar-refractivity contribution < 1.29 is 9.18 Å². The van der Waals surface area contributed by atoms with Crippen LogP contribution in [0.5, 0.6) is 0 Å². The third kappa shape index (κ3) is 2.36. The van der Waals surface area contributed by atoms with Crippen LogP contribution in [0.15, 0.2) is 30.3 Å². The monoisotopic (exact) mass is 274 g/mol. The van der Waals surface area contributed by atoms with E-state index >= 15 is 0 Å². The molecule has 2 heterocycles. The summed E-state index contributed by atoms with van der Waals surface area (Å²) in [6, 6.07) is 7.84. The average Bonchev–Trinajstić information content (AvgIpc) is 2.97. The molecule has 1 aliphatic rings. The molecule has 1 saturated heterocycles. The maximum Gasteiger partial charge on any atom is 0.242 e. The van der Waals surface area contributed by atoms with Crippen LogP contribution in [0.3, 0.4) is 0 Å². The summed E-state index contributed by atoms with van der Waals surface area (Å²) in [4.78, 5) is 11.5. The Kier molecular flexibility index (Phi) is 3.14. The Balaban J connectivity index is 1.85. The van der Waals surface area contributed by atoms with Crippen LogP contribution < -0.4 is 10.6 Å². The molecule has 3 rings (SSSR count). The number of benzene rings is 1. The maximum atomic E-state index is 13.3. The standard InChI is InChI=1S/C14H15FN4O/c1-9-7-13(17-12-5-6-16-14(12)20)18-19(9)11-4-2-3-10(15)8-11/h2-4,7-8,12H,5-6H2,1H3,(H,16,20)(H,17,18). The highest BCUT2D eigenvalue weighted by Gasteiger charge is 2.24. The second kappa shape index (κ2) is 4.96. The molecule has 0 saturated carbocycles. The van der Waals surface area contributed by atoms with Crippen LogP contribution >= 0.6 is 0 Å². The van der Waals surface area contributed by atoms with E-state index < -0.39 is 0 Å². The molecule has 0 aliphatic carbocycles. The van der Waals surface area contributed by atoms with Crippen molar-refractivity contribution in [1.29, 1.82) is 0 Å². The van der Waals surface area contributed by atoms with Gasteiger partial charge in [0.2, 0.25) is 5.91 Å². The summed E-state index contributed by atoms with van der Waals surface area (Å²) < 4.78 is 14.9. The lowest BCUT2D eigenvalue weighted by Gasteiger charge is -2.08. The van der Waals surface area contributed by atoms with Crippen LogP contribution in [0, 0.1) is 12.7 Å². The molecular weight excluding hydrogens is 259 g/mol. The minimum atomic E-state index is -0.304. The highest BCUT2D eigenvalue weighted by Crippen LogP contribution is 2.17. The molecule has 1 fully saturated rings. The number of amides is 1. The molecule has 20 heavy (non-hydrogen) atoms. The predicted molar refractivity (Wildman–Crippen MR) is 73.3 cm³/mol. The summed E-state index contributed by atoms with van der Waals surface area (Å²) >= 11 is 0. The van der Waals surface area contributed by atoms with Crippen molar-refractivity contribution in [2.75, 3.05) is 11.9 Å². The lowest BCUT2D eigenvalue weighted by Crippen LogP contribution is -2.29. The van der Waals surface area contributed by atoms with E-state index in [9.17, 15) is 9.18 Å². The normalized spacial score (nSPS) is 18.1. The van der Waals surface area contributed by atoms with Crippen molar-refractivity contribution in [1.82, 2.24) is 15.1 Å². The van der Waals surface area contributed by atoms with E-state index in [4.69, 9.17) is 0 Å². The van der Waals surface area contributed by atoms with Gasteiger partial charge < -0.3 is 10.6 Å². The number of anilines is 1. The van der Waals surface area contributed by atoms with Crippen LogP contribution in [0.4, 0.5) is 10.2 Å². The fourth-order valence-electron chi connectivity index (χ4n) is 2.32. The van der Waals surface area contributed by atoms with Crippen LogP contribution in [-0.4, -0.2) is 28.3 Å². The van der Waals surface area contributed by atoms with Crippen molar-refractivity contribution >= 4 is 11.7 Å². The van der Waals surface area contributed by atoms with Gasteiger partial charge in [-0.1, -0.05) is 6.07 Å². The lowest BCUT2D eigenvalue weighted by molar-refractivity contribution is -0.119. The van der Waals surface area contributed by atoms with Crippen molar-refractivity contribution in [3.63, 3.8) is 0 Å². The number of carbonyl (C=O) groups excluding carboxylic acids is 1. The number of aromatic nitrogens is 2. The molecule has 104 valence electrons. The Labute approximate surface area is 115 Å². The van der Waals surface area contributed by atoms with E-state index in [1.165, 1.54) is 12.1 Å². The molecule has 0 bridgehead atoms. The summed E-state index contributed by atoms with van der Waals surface area (Å²) in [7, 11) is 0. The molecule has 2 N–H and O–H groups in total. The minimum absolute atomic E-state index is 0.0111. The van der Waals surface area contributed by atoms with Gasteiger partial charge in [-0.2, -0.15) is 5.10 Å². The first-order valence-electron chi connectivity index (χ1n) is 6.50. The fourth-order valence-corrected chi connectivity index (χ4v) is 2.32. The summed E-state index contributed by atoms with van der Waals surface area (Å²) in [6.07, 6.45) is 0.741. The highest BCUT2D eigenvalue weighted by atomic mass is 19.1. The van der Waals surface area contributed by atoms with Crippen LogP contribution in [0.25, 0.3) is 5.69 Å². The smallest absolute Gasteiger partial charge is 0.242 e. The SMILES string of the molecule is Cc1cc(NC2CCNC2=O)nn1-c1cccc(F)c1. The summed E-state index contributed by atoms with van der Waals surface area (Å²) in [5.41, 5.74) is 1.53. The van der Waals surface area contributed by atoms with Gasteiger partial charge in [-0.05, 0) is 31.5 Å². The van der Waals surface area contributed by atoms with Gasteiger partial charge in [-0.25, -0.2) is 9.07 Å². The fraction of sp³-hybridized carbons (Fsp3) is 0.286. The Morgan fingerprint density at radius 3 is 3.00 bits per heavy atom. The van der Waals surface area contributed by atoms with E-state index in [0.717, 1.165) is 12.1 Å². The molecule has 5 nitrogen and oxygen atoms in total. The average molecular weight is 274 g/mol. The second-order valence-corrected chi connectivity index (χ2v) is 4.84. The number of aryl methyl sites for hydroxylation is 1. The maximum absolute atomic E-state index is 13.3. The van der Waals surface area contributed by atoms with Gasteiger partial charge in [0.05, 0.1) is 5.69 Å². The molecule has 1 unspecified atom stereocenters. The highest BCUT2D eigenvalue weighted by molar-refractivity contribution is 5.86. The molecule has 2 aromatic rings. The summed E-state index contributed by atoms with van der Waals surface area (Å²) in [5, 5.41) is 10.2. The van der Waals surface area contributed by atoms with E-state index in [0.29, 0.717) is 18.1 Å². The molecule has 0 spiro atoms. The summed E-state index contributed by atoms with van der Waals surface area (Å²) in [6.45, 7) is 2.57.